The molecule has 0 spiro atoms. The van der Waals surface area contributed by atoms with Crippen LogP contribution in [0.25, 0.3) is 6.08 Å². The Morgan fingerprint density at radius 2 is 2.08 bits per heavy atom. The fraction of sp³-hybridized carbons (Fsp3) is 0.111. The zero-order chi connectivity index (χ0) is 17.8. The number of hydrogen-bond acceptors (Lipinski definition) is 5. The third kappa shape index (κ3) is 4.23. The van der Waals surface area contributed by atoms with Gasteiger partial charge in [0.25, 0.3) is 5.91 Å². The normalized spacial score (nSPS) is 15.8. The summed E-state index contributed by atoms with van der Waals surface area (Å²) in [6, 6.07) is 15.3. The highest BCUT2D eigenvalue weighted by atomic mass is 79.9. The lowest BCUT2D eigenvalue weighted by Gasteiger charge is -2.16. The summed E-state index contributed by atoms with van der Waals surface area (Å²) in [5.74, 6) is 0.614. The highest BCUT2D eigenvalue weighted by Crippen LogP contribution is 2.34. The molecule has 2 aromatic rings. The highest BCUT2D eigenvalue weighted by Gasteiger charge is 2.31. The summed E-state index contributed by atoms with van der Waals surface area (Å²) in [6.07, 6.45) is 1.82. The van der Waals surface area contributed by atoms with Crippen LogP contribution in [0.4, 0.5) is 5.69 Å². The van der Waals surface area contributed by atoms with Crippen LogP contribution in [0.5, 0.6) is 5.75 Å². The molecule has 1 fully saturated rings. The van der Waals surface area contributed by atoms with Crippen molar-refractivity contribution in [1.82, 2.24) is 4.90 Å². The molecule has 25 heavy (non-hydrogen) atoms. The van der Waals surface area contributed by atoms with Gasteiger partial charge in [0, 0.05) is 15.7 Å². The molecule has 0 atom stereocenters. The number of nitrogens with one attached hydrogen (secondary N) is 1. The van der Waals surface area contributed by atoms with Crippen molar-refractivity contribution >= 4 is 61.9 Å². The van der Waals surface area contributed by atoms with Gasteiger partial charge in [-0.3, -0.25) is 9.69 Å². The number of rotatable bonds is 5. The van der Waals surface area contributed by atoms with Gasteiger partial charge in [-0.25, -0.2) is 0 Å². The molecular formula is C18H15BrN2O2S2. The first kappa shape index (κ1) is 18.0. The minimum Gasteiger partial charge on any atom is -0.496 e. The van der Waals surface area contributed by atoms with Crippen LogP contribution in [0.3, 0.4) is 0 Å². The minimum absolute atomic E-state index is 0.108. The number of carbonyl (C=O) groups excluding carboxylic acids is 1. The van der Waals surface area contributed by atoms with E-state index in [2.05, 4.69) is 21.2 Å². The maximum atomic E-state index is 12.7. The number of hydrogen-bond donors (Lipinski definition) is 1. The van der Waals surface area contributed by atoms with Crippen LogP contribution in [0.1, 0.15) is 5.56 Å². The average Bonchev–Trinajstić information content (AvgIpc) is 2.87. The lowest BCUT2D eigenvalue weighted by Crippen LogP contribution is -2.33. The highest BCUT2D eigenvalue weighted by molar-refractivity contribution is 9.10. The molecule has 7 heteroatoms. The number of anilines is 1. The maximum absolute atomic E-state index is 12.7. The number of thiocarbonyl (C=S) groups is 1. The van der Waals surface area contributed by atoms with Crippen LogP contribution in [-0.2, 0) is 4.79 Å². The van der Waals surface area contributed by atoms with Gasteiger partial charge in [-0.2, -0.15) is 0 Å². The Balaban J connectivity index is 1.75. The summed E-state index contributed by atoms with van der Waals surface area (Å²) >= 11 is 10.1. The van der Waals surface area contributed by atoms with E-state index in [1.165, 1.54) is 11.8 Å². The summed E-state index contributed by atoms with van der Waals surface area (Å²) < 4.78 is 6.84. The molecule has 0 bridgehead atoms. The number of nitrogens with zero attached hydrogens (tertiary/aromatic N) is 1. The number of carbonyl (C=O) groups is 1. The summed E-state index contributed by atoms with van der Waals surface area (Å²) in [5, 5.41) is 3.22. The van der Waals surface area contributed by atoms with E-state index in [-0.39, 0.29) is 5.91 Å². The second-order valence-corrected chi connectivity index (χ2v) is 7.79. The third-order valence-corrected chi connectivity index (χ3v) is 5.44. The van der Waals surface area contributed by atoms with E-state index in [0.29, 0.717) is 15.9 Å². The van der Waals surface area contributed by atoms with Gasteiger partial charge < -0.3 is 10.1 Å². The third-order valence-electron chi connectivity index (χ3n) is 3.57. The molecule has 1 aliphatic rings. The van der Waals surface area contributed by atoms with Gasteiger partial charge in [-0.15, -0.1) is 0 Å². The van der Waals surface area contributed by atoms with Gasteiger partial charge in [0.1, 0.15) is 10.1 Å². The Labute approximate surface area is 164 Å². The number of thioether (sulfide) groups is 1. The zero-order valence-electron chi connectivity index (χ0n) is 13.4. The van der Waals surface area contributed by atoms with Gasteiger partial charge in [0.15, 0.2) is 0 Å². The second kappa shape index (κ2) is 8.03. The number of methoxy groups -OCH3 is 1. The van der Waals surface area contributed by atoms with Gasteiger partial charge in [0.2, 0.25) is 0 Å². The minimum atomic E-state index is -0.108. The van der Waals surface area contributed by atoms with Gasteiger partial charge in [-0.05, 0) is 30.3 Å². The number of amides is 1. The smallest absolute Gasteiger partial charge is 0.267 e. The summed E-state index contributed by atoms with van der Waals surface area (Å²) in [7, 11) is 1.61. The SMILES string of the molecule is COc1ccccc1/C=C1\SC(=S)N(CNc2cccc(Br)c2)C1=O. The van der Waals surface area contributed by atoms with E-state index in [4.69, 9.17) is 17.0 Å². The second-order valence-electron chi connectivity index (χ2n) is 5.20. The van der Waals surface area contributed by atoms with Crippen LogP contribution in [0.2, 0.25) is 0 Å². The summed E-state index contributed by atoms with van der Waals surface area (Å²) in [5.41, 5.74) is 1.77. The standard InChI is InChI=1S/C18H15BrN2O2S2/c1-23-15-8-3-2-5-12(15)9-16-17(22)21(18(24)25-16)11-20-14-7-4-6-13(19)10-14/h2-10,20H,11H2,1H3/b16-9-. The molecular weight excluding hydrogens is 420 g/mol. The Hall–Kier alpha value is -1.83. The Morgan fingerprint density at radius 3 is 2.84 bits per heavy atom. The molecule has 0 saturated carbocycles. The molecule has 1 heterocycles. The summed E-state index contributed by atoms with van der Waals surface area (Å²) in [4.78, 5) is 14.8. The topological polar surface area (TPSA) is 41.6 Å². The fourth-order valence-corrected chi connectivity index (χ4v) is 3.98. The first-order valence-corrected chi connectivity index (χ1v) is 9.48. The summed E-state index contributed by atoms with van der Waals surface area (Å²) in [6.45, 7) is 0.324. The van der Waals surface area contributed by atoms with E-state index in [1.807, 2.05) is 54.6 Å². The number of para-hydroxylation sites is 1. The monoisotopic (exact) mass is 434 g/mol. The van der Waals surface area contributed by atoms with Crippen LogP contribution >= 0.6 is 39.9 Å². The first-order valence-electron chi connectivity index (χ1n) is 7.46. The van der Waals surface area contributed by atoms with Crippen molar-refractivity contribution < 1.29 is 9.53 Å². The molecule has 0 aliphatic carbocycles. The van der Waals surface area contributed by atoms with Crippen LogP contribution in [0.15, 0.2) is 57.9 Å². The zero-order valence-corrected chi connectivity index (χ0v) is 16.6. The van der Waals surface area contributed by atoms with Crippen LogP contribution in [0, 0.1) is 0 Å². The van der Waals surface area contributed by atoms with Crippen molar-refractivity contribution in [2.75, 3.05) is 19.1 Å². The lowest BCUT2D eigenvalue weighted by atomic mass is 10.2. The molecule has 2 aromatic carbocycles. The van der Waals surface area contributed by atoms with E-state index < -0.39 is 0 Å². The van der Waals surface area contributed by atoms with Crippen molar-refractivity contribution in [3.63, 3.8) is 0 Å². The molecule has 0 unspecified atom stereocenters. The molecule has 1 amide bonds. The van der Waals surface area contributed by atoms with Gasteiger partial charge >= 0.3 is 0 Å². The van der Waals surface area contributed by atoms with Gasteiger partial charge in [0.05, 0.1) is 18.7 Å². The largest absolute Gasteiger partial charge is 0.496 e. The predicted octanol–water partition coefficient (Wildman–Crippen LogP) is 4.73. The maximum Gasteiger partial charge on any atom is 0.267 e. The number of benzene rings is 2. The van der Waals surface area contributed by atoms with Crippen LogP contribution in [-0.4, -0.2) is 28.9 Å². The molecule has 0 radical (unpaired) electrons. The molecule has 3 rings (SSSR count). The Kier molecular flexibility index (Phi) is 5.78. The Bertz CT molecular complexity index is 854. The van der Waals surface area contributed by atoms with Crippen LogP contribution < -0.4 is 10.1 Å². The first-order chi connectivity index (χ1) is 12.1. The van der Waals surface area contributed by atoms with Crippen molar-refractivity contribution in [2.45, 2.75) is 0 Å². The molecule has 1 aliphatic heterocycles. The number of ether oxygens (including phenoxy) is 1. The fourth-order valence-electron chi connectivity index (χ4n) is 2.33. The van der Waals surface area contributed by atoms with Crippen molar-refractivity contribution in [3.8, 4) is 5.75 Å². The van der Waals surface area contributed by atoms with Crippen molar-refractivity contribution in [1.29, 1.82) is 0 Å². The van der Waals surface area contributed by atoms with E-state index >= 15 is 0 Å². The Morgan fingerprint density at radius 1 is 1.28 bits per heavy atom. The predicted molar refractivity (Wildman–Crippen MR) is 111 cm³/mol. The lowest BCUT2D eigenvalue weighted by molar-refractivity contribution is -0.121. The average molecular weight is 435 g/mol. The van der Waals surface area contributed by atoms with Crippen molar-refractivity contribution in [3.05, 3.63) is 63.5 Å². The molecule has 0 aromatic heterocycles. The van der Waals surface area contributed by atoms with E-state index in [1.54, 1.807) is 12.0 Å². The quantitative estimate of drug-likeness (QED) is 0.544. The number of halogens is 1. The van der Waals surface area contributed by atoms with Gasteiger partial charge in [-0.1, -0.05) is 64.2 Å². The molecule has 4 nitrogen and oxygen atoms in total. The molecule has 128 valence electrons. The molecule has 1 saturated heterocycles. The van der Waals surface area contributed by atoms with E-state index in [9.17, 15) is 4.79 Å². The van der Waals surface area contributed by atoms with E-state index in [0.717, 1.165) is 21.5 Å². The van der Waals surface area contributed by atoms with Crippen molar-refractivity contribution in [2.24, 2.45) is 0 Å². The molecule has 1 N–H and O–H groups in total.